The van der Waals surface area contributed by atoms with Gasteiger partial charge in [0.25, 0.3) is 0 Å². The maximum atomic E-state index is 13.3. The van der Waals surface area contributed by atoms with Crippen LogP contribution < -0.4 is 21.3 Å². The van der Waals surface area contributed by atoms with Gasteiger partial charge in [0.1, 0.15) is 0 Å². The Morgan fingerprint density at radius 1 is 0.600 bits per heavy atom. The highest BCUT2D eigenvalue weighted by Crippen LogP contribution is 2.36. The zero-order chi connectivity index (χ0) is 21.3. The molecule has 0 aliphatic heterocycles. The van der Waals surface area contributed by atoms with Crippen LogP contribution >= 0.6 is 0 Å². The monoisotopic (exact) mass is 408 g/mol. The quantitative estimate of drug-likeness (QED) is 0.344. The van der Waals surface area contributed by atoms with E-state index in [2.05, 4.69) is 35.1 Å². The Kier molecular flexibility index (Phi) is 7.99. The molecular weight excluding hydrogens is 376 g/mol. The molecular formula is C24H32N4O2. The molecule has 0 saturated heterocycles. The van der Waals surface area contributed by atoms with Crippen molar-refractivity contribution in [2.24, 2.45) is 0 Å². The van der Waals surface area contributed by atoms with Crippen molar-refractivity contribution in [3.8, 4) is 0 Å². The molecule has 0 radical (unpaired) electrons. The predicted octanol–water partition coefficient (Wildman–Crippen LogP) is 3.29. The summed E-state index contributed by atoms with van der Waals surface area (Å²) in [6.07, 6.45) is 2.15. The Labute approximate surface area is 178 Å². The van der Waals surface area contributed by atoms with Crippen LogP contribution in [-0.2, 0) is 0 Å². The molecule has 6 nitrogen and oxygen atoms in total. The highest BCUT2D eigenvalue weighted by Gasteiger charge is 2.33. The highest BCUT2D eigenvalue weighted by molar-refractivity contribution is 6.31. The lowest BCUT2D eigenvalue weighted by Gasteiger charge is -2.24. The number of anilines is 2. The molecule has 0 amide bonds. The zero-order valence-corrected chi connectivity index (χ0v) is 17.9. The van der Waals surface area contributed by atoms with Crippen LogP contribution in [0.3, 0.4) is 0 Å². The van der Waals surface area contributed by atoms with Gasteiger partial charge in [-0.3, -0.25) is 9.59 Å². The van der Waals surface area contributed by atoms with Crippen molar-refractivity contribution in [1.82, 2.24) is 10.6 Å². The standard InChI is InChI=1S/C24H32N4O2/c1-3-11-25-13-15-27-19-9-10-20(28-16-14-26-12-4-2)22-21(19)23(29)17-7-5-6-8-18(17)24(22)30/h5-10,25-28H,3-4,11-16H2,1-2H3. The van der Waals surface area contributed by atoms with Crippen molar-refractivity contribution in [2.45, 2.75) is 26.7 Å². The lowest BCUT2D eigenvalue weighted by atomic mass is 9.82. The third-order valence-corrected chi connectivity index (χ3v) is 5.16. The third-order valence-electron chi connectivity index (χ3n) is 5.16. The van der Waals surface area contributed by atoms with Crippen molar-refractivity contribution in [3.63, 3.8) is 0 Å². The molecule has 2 aromatic rings. The van der Waals surface area contributed by atoms with Crippen molar-refractivity contribution in [3.05, 3.63) is 58.7 Å². The molecule has 0 heterocycles. The molecule has 0 aromatic heterocycles. The number of ketones is 2. The molecule has 160 valence electrons. The van der Waals surface area contributed by atoms with Crippen LogP contribution in [0.1, 0.15) is 58.5 Å². The fourth-order valence-corrected chi connectivity index (χ4v) is 3.69. The summed E-state index contributed by atoms with van der Waals surface area (Å²) in [6, 6.07) is 10.9. The molecule has 4 N–H and O–H groups in total. The Morgan fingerprint density at radius 2 is 1.03 bits per heavy atom. The van der Waals surface area contributed by atoms with Gasteiger partial charge in [-0.2, -0.15) is 0 Å². The first-order chi connectivity index (χ1) is 14.7. The van der Waals surface area contributed by atoms with Crippen LogP contribution in [0.4, 0.5) is 11.4 Å². The second-order valence-corrected chi connectivity index (χ2v) is 7.47. The summed E-state index contributed by atoms with van der Waals surface area (Å²) in [6.45, 7) is 9.13. The summed E-state index contributed by atoms with van der Waals surface area (Å²) >= 11 is 0. The predicted molar refractivity (Wildman–Crippen MR) is 123 cm³/mol. The minimum Gasteiger partial charge on any atom is -0.383 e. The first-order valence-corrected chi connectivity index (χ1v) is 10.9. The normalized spacial score (nSPS) is 12.5. The van der Waals surface area contributed by atoms with E-state index in [1.165, 1.54) is 0 Å². The van der Waals surface area contributed by atoms with E-state index in [9.17, 15) is 9.59 Å². The van der Waals surface area contributed by atoms with Gasteiger partial charge in [-0.05, 0) is 38.1 Å². The van der Waals surface area contributed by atoms with Crippen LogP contribution in [0.2, 0.25) is 0 Å². The average Bonchev–Trinajstić information content (AvgIpc) is 2.77. The van der Waals surface area contributed by atoms with Crippen molar-refractivity contribution >= 4 is 22.9 Å². The van der Waals surface area contributed by atoms with Gasteiger partial charge in [0.2, 0.25) is 0 Å². The van der Waals surface area contributed by atoms with E-state index in [1.54, 1.807) is 24.3 Å². The van der Waals surface area contributed by atoms with E-state index >= 15 is 0 Å². The Hall–Kier alpha value is -2.70. The Balaban J connectivity index is 1.88. The van der Waals surface area contributed by atoms with Gasteiger partial charge in [0.15, 0.2) is 11.6 Å². The summed E-state index contributed by atoms with van der Waals surface area (Å²) in [4.78, 5) is 26.7. The van der Waals surface area contributed by atoms with Crippen molar-refractivity contribution in [1.29, 1.82) is 0 Å². The van der Waals surface area contributed by atoms with Gasteiger partial charge in [-0.1, -0.05) is 38.1 Å². The molecule has 3 rings (SSSR count). The molecule has 0 spiro atoms. The largest absolute Gasteiger partial charge is 0.383 e. The third kappa shape index (κ3) is 4.89. The Morgan fingerprint density at radius 3 is 1.43 bits per heavy atom. The fraction of sp³-hybridized carbons (Fsp3) is 0.417. The highest BCUT2D eigenvalue weighted by atomic mass is 16.1. The lowest BCUT2D eigenvalue weighted by Crippen LogP contribution is -2.28. The van der Waals surface area contributed by atoms with Crippen LogP contribution in [0.15, 0.2) is 36.4 Å². The molecule has 1 aliphatic rings. The van der Waals surface area contributed by atoms with E-state index in [-0.39, 0.29) is 11.6 Å². The topological polar surface area (TPSA) is 82.3 Å². The van der Waals surface area contributed by atoms with Gasteiger partial charge in [-0.15, -0.1) is 0 Å². The summed E-state index contributed by atoms with van der Waals surface area (Å²) < 4.78 is 0. The molecule has 6 heteroatoms. The fourth-order valence-electron chi connectivity index (χ4n) is 3.69. The van der Waals surface area contributed by atoms with Gasteiger partial charge >= 0.3 is 0 Å². The van der Waals surface area contributed by atoms with Gasteiger partial charge in [-0.25, -0.2) is 0 Å². The van der Waals surface area contributed by atoms with Crippen molar-refractivity contribution in [2.75, 3.05) is 49.9 Å². The maximum absolute atomic E-state index is 13.3. The molecule has 0 saturated carbocycles. The van der Waals surface area contributed by atoms with E-state index < -0.39 is 0 Å². The number of benzene rings is 2. The van der Waals surface area contributed by atoms with E-state index in [4.69, 9.17) is 0 Å². The summed E-state index contributed by atoms with van der Waals surface area (Å²) in [5.74, 6) is -0.200. The average molecular weight is 409 g/mol. The van der Waals surface area contributed by atoms with Gasteiger partial charge in [0.05, 0.1) is 11.1 Å². The minimum atomic E-state index is -0.100. The molecule has 0 bridgehead atoms. The Bertz CT molecular complexity index is 823. The summed E-state index contributed by atoms with van der Waals surface area (Å²) in [7, 11) is 0. The number of hydrogen-bond acceptors (Lipinski definition) is 6. The van der Waals surface area contributed by atoms with E-state index in [0.717, 1.165) is 39.0 Å². The lowest BCUT2D eigenvalue weighted by molar-refractivity contribution is 0.0980. The number of carbonyl (C=O) groups is 2. The first-order valence-electron chi connectivity index (χ1n) is 10.9. The minimum absolute atomic E-state index is 0.100. The molecule has 2 aromatic carbocycles. The molecule has 0 fully saturated rings. The molecule has 0 atom stereocenters. The van der Waals surface area contributed by atoms with Crippen LogP contribution in [0.5, 0.6) is 0 Å². The molecule has 1 aliphatic carbocycles. The number of carbonyl (C=O) groups excluding carboxylic acids is 2. The van der Waals surface area contributed by atoms with E-state index in [1.807, 2.05) is 12.1 Å². The van der Waals surface area contributed by atoms with Crippen LogP contribution in [0.25, 0.3) is 0 Å². The number of nitrogens with one attached hydrogen (secondary N) is 4. The van der Waals surface area contributed by atoms with Crippen molar-refractivity contribution < 1.29 is 9.59 Å². The number of fused-ring (bicyclic) bond motifs is 2. The number of hydrogen-bond donors (Lipinski definition) is 4. The molecule has 0 unspecified atom stereocenters. The van der Waals surface area contributed by atoms with Gasteiger partial charge < -0.3 is 21.3 Å². The van der Waals surface area contributed by atoms with Crippen LogP contribution in [0, 0.1) is 0 Å². The molecule has 30 heavy (non-hydrogen) atoms. The first kappa shape index (κ1) is 22.0. The second kappa shape index (κ2) is 10.9. The van der Waals surface area contributed by atoms with Crippen LogP contribution in [-0.4, -0.2) is 50.8 Å². The van der Waals surface area contributed by atoms with E-state index in [0.29, 0.717) is 46.7 Å². The maximum Gasteiger partial charge on any atom is 0.196 e. The smallest absolute Gasteiger partial charge is 0.196 e. The zero-order valence-electron chi connectivity index (χ0n) is 17.9. The second-order valence-electron chi connectivity index (χ2n) is 7.47. The summed E-state index contributed by atoms with van der Waals surface area (Å²) in [5.41, 5.74) is 3.32. The number of rotatable bonds is 12. The summed E-state index contributed by atoms with van der Waals surface area (Å²) in [5, 5.41) is 13.4. The van der Waals surface area contributed by atoms with Gasteiger partial charge in [0, 0.05) is 48.7 Å². The SMILES string of the molecule is CCCNCCNc1ccc(NCCNCCC)c2c1C(=O)c1ccccc1C2=O.